The minimum absolute atomic E-state index is 0.842. The first-order chi connectivity index (χ1) is 8.20. The second-order valence-electron chi connectivity index (χ2n) is 4.04. The molecule has 17 heavy (non-hydrogen) atoms. The smallest absolute Gasteiger partial charge is 0.106 e. The van der Waals surface area contributed by atoms with E-state index in [9.17, 15) is 0 Å². The van der Waals surface area contributed by atoms with E-state index in [1.807, 2.05) is 26.2 Å². The van der Waals surface area contributed by atoms with Crippen LogP contribution < -0.4 is 5.32 Å². The second kappa shape index (κ2) is 5.47. The van der Waals surface area contributed by atoms with Crippen molar-refractivity contribution in [2.75, 3.05) is 7.05 Å². The number of imidazole rings is 1. The first-order valence-electron chi connectivity index (χ1n) is 5.60. The number of hydrogen-bond acceptors (Lipinski definition) is 2. The molecule has 0 aliphatic heterocycles. The zero-order valence-corrected chi connectivity index (χ0v) is 11.7. The molecule has 0 saturated carbocycles. The SMILES string of the molecule is CNCc1cnc(C)n1Cc1cccc(Br)c1. The molecule has 1 aromatic carbocycles. The molecule has 1 heterocycles. The highest BCUT2D eigenvalue weighted by Crippen LogP contribution is 2.14. The Kier molecular flexibility index (Phi) is 3.97. The molecule has 2 aromatic rings. The fourth-order valence-corrected chi connectivity index (χ4v) is 2.32. The van der Waals surface area contributed by atoms with Crippen molar-refractivity contribution in [3.8, 4) is 0 Å². The molecule has 1 aromatic heterocycles. The Morgan fingerprint density at radius 1 is 1.41 bits per heavy atom. The molecule has 3 nitrogen and oxygen atoms in total. The number of halogens is 1. The van der Waals surface area contributed by atoms with Crippen LogP contribution in [0.5, 0.6) is 0 Å². The van der Waals surface area contributed by atoms with Crippen LogP contribution in [-0.4, -0.2) is 16.6 Å². The van der Waals surface area contributed by atoms with E-state index in [1.165, 1.54) is 11.3 Å². The first kappa shape index (κ1) is 12.3. The maximum Gasteiger partial charge on any atom is 0.106 e. The van der Waals surface area contributed by atoms with Gasteiger partial charge in [0.15, 0.2) is 0 Å². The minimum atomic E-state index is 0.842. The van der Waals surface area contributed by atoms with Gasteiger partial charge in [-0.05, 0) is 31.7 Å². The van der Waals surface area contributed by atoms with Crippen molar-refractivity contribution in [1.29, 1.82) is 0 Å². The fourth-order valence-electron chi connectivity index (χ4n) is 1.87. The predicted molar refractivity (Wildman–Crippen MR) is 73.0 cm³/mol. The zero-order valence-electron chi connectivity index (χ0n) is 10.1. The van der Waals surface area contributed by atoms with Crippen LogP contribution in [-0.2, 0) is 13.1 Å². The Bertz CT molecular complexity index is 505. The average molecular weight is 294 g/mol. The Morgan fingerprint density at radius 2 is 2.24 bits per heavy atom. The molecule has 0 atom stereocenters. The maximum absolute atomic E-state index is 4.37. The Balaban J connectivity index is 2.26. The van der Waals surface area contributed by atoms with Gasteiger partial charge >= 0.3 is 0 Å². The lowest BCUT2D eigenvalue weighted by molar-refractivity contribution is 0.676. The summed E-state index contributed by atoms with van der Waals surface area (Å²) in [5, 5.41) is 3.16. The lowest BCUT2D eigenvalue weighted by Gasteiger charge is -2.10. The van der Waals surface area contributed by atoms with Crippen LogP contribution in [0.15, 0.2) is 34.9 Å². The highest BCUT2D eigenvalue weighted by molar-refractivity contribution is 9.10. The molecule has 90 valence electrons. The Morgan fingerprint density at radius 3 is 2.94 bits per heavy atom. The van der Waals surface area contributed by atoms with Crippen molar-refractivity contribution in [3.05, 3.63) is 52.0 Å². The number of nitrogens with zero attached hydrogens (tertiary/aromatic N) is 2. The molecule has 1 N–H and O–H groups in total. The number of benzene rings is 1. The van der Waals surface area contributed by atoms with E-state index in [1.54, 1.807) is 0 Å². The van der Waals surface area contributed by atoms with Crippen LogP contribution in [0, 0.1) is 6.92 Å². The summed E-state index contributed by atoms with van der Waals surface area (Å²) in [6, 6.07) is 8.37. The van der Waals surface area contributed by atoms with E-state index in [0.717, 1.165) is 23.4 Å². The van der Waals surface area contributed by atoms with Crippen molar-refractivity contribution in [2.24, 2.45) is 0 Å². The topological polar surface area (TPSA) is 29.9 Å². The van der Waals surface area contributed by atoms with Gasteiger partial charge in [-0.2, -0.15) is 0 Å². The third-order valence-electron chi connectivity index (χ3n) is 2.73. The minimum Gasteiger partial charge on any atom is -0.327 e. The van der Waals surface area contributed by atoms with Gasteiger partial charge in [0.2, 0.25) is 0 Å². The van der Waals surface area contributed by atoms with Crippen molar-refractivity contribution in [3.63, 3.8) is 0 Å². The van der Waals surface area contributed by atoms with Gasteiger partial charge in [-0.3, -0.25) is 0 Å². The predicted octanol–water partition coefficient (Wildman–Crippen LogP) is 2.72. The maximum atomic E-state index is 4.37. The lowest BCUT2D eigenvalue weighted by Crippen LogP contribution is -2.12. The molecule has 0 unspecified atom stereocenters. The summed E-state index contributed by atoms with van der Waals surface area (Å²) in [4.78, 5) is 4.37. The summed E-state index contributed by atoms with van der Waals surface area (Å²) in [5.74, 6) is 1.05. The highest BCUT2D eigenvalue weighted by atomic mass is 79.9. The van der Waals surface area contributed by atoms with Crippen LogP contribution in [0.4, 0.5) is 0 Å². The zero-order chi connectivity index (χ0) is 12.3. The van der Waals surface area contributed by atoms with Crippen LogP contribution in [0.1, 0.15) is 17.1 Å². The number of aromatic nitrogens is 2. The molecule has 0 fully saturated rings. The number of nitrogens with one attached hydrogen (secondary N) is 1. The van der Waals surface area contributed by atoms with Crippen LogP contribution >= 0.6 is 15.9 Å². The Hall–Kier alpha value is -1.13. The molecule has 0 amide bonds. The monoisotopic (exact) mass is 293 g/mol. The van der Waals surface area contributed by atoms with Crippen LogP contribution in [0.25, 0.3) is 0 Å². The Labute approximate surface area is 110 Å². The second-order valence-corrected chi connectivity index (χ2v) is 4.96. The van der Waals surface area contributed by atoms with Gasteiger partial charge in [-0.25, -0.2) is 4.98 Å². The molecule has 0 bridgehead atoms. The van der Waals surface area contributed by atoms with Crippen molar-refractivity contribution in [2.45, 2.75) is 20.0 Å². The quantitative estimate of drug-likeness (QED) is 0.939. The normalized spacial score (nSPS) is 10.8. The van der Waals surface area contributed by atoms with E-state index in [-0.39, 0.29) is 0 Å². The van der Waals surface area contributed by atoms with Gasteiger partial charge in [0.25, 0.3) is 0 Å². The summed E-state index contributed by atoms with van der Waals surface area (Å²) in [6.07, 6.45) is 1.93. The largest absolute Gasteiger partial charge is 0.327 e. The fraction of sp³-hybridized carbons (Fsp3) is 0.308. The van der Waals surface area contributed by atoms with Crippen molar-refractivity contribution >= 4 is 15.9 Å². The van der Waals surface area contributed by atoms with Gasteiger partial charge in [-0.15, -0.1) is 0 Å². The molecule has 0 radical (unpaired) electrons. The number of rotatable bonds is 4. The van der Waals surface area contributed by atoms with E-state index >= 15 is 0 Å². The van der Waals surface area contributed by atoms with Gasteiger partial charge in [0, 0.05) is 23.8 Å². The van der Waals surface area contributed by atoms with E-state index in [4.69, 9.17) is 0 Å². The molecule has 0 spiro atoms. The van der Waals surface area contributed by atoms with Crippen LogP contribution in [0.3, 0.4) is 0 Å². The highest BCUT2D eigenvalue weighted by Gasteiger charge is 2.06. The molecule has 4 heteroatoms. The number of hydrogen-bond donors (Lipinski definition) is 1. The molecular formula is C13H16BrN3. The van der Waals surface area contributed by atoms with Crippen LogP contribution in [0.2, 0.25) is 0 Å². The lowest BCUT2D eigenvalue weighted by atomic mass is 10.2. The number of aryl methyl sites for hydroxylation is 1. The van der Waals surface area contributed by atoms with Gasteiger partial charge in [-0.1, -0.05) is 28.1 Å². The first-order valence-corrected chi connectivity index (χ1v) is 6.40. The van der Waals surface area contributed by atoms with E-state index in [0.29, 0.717) is 0 Å². The molecule has 0 saturated heterocycles. The molecule has 0 aliphatic rings. The van der Waals surface area contributed by atoms with E-state index < -0.39 is 0 Å². The third kappa shape index (κ3) is 2.96. The summed E-state index contributed by atoms with van der Waals surface area (Å²) < 4.78 is 3.35. The summed E-state index contributed by atoms with van der Waals surface area (Å²) in [7, 11) is 1.95. The summed E-state index contributed by atoms with van der Waals surface area (Å²) in [5.41, 5.74) is 2.49. The van der Waals surface area contributed by atoms with Crippen molar-refractivity contribution in [1.82, 2.24) is 14.9 Å². The van der Waals surface area contributed by atoms with Crippen molar-refractivity contribution < 1.29 is 0 Å². The van der Waals surface area contributed by atoms with E-state index in [2.05, 4.69) is 49.0 Å². The van der Waals surface area contributed by atoms with Gasteiger partial charge in [0.05, 0.1) is 5.69 Å². The molecular weight excluding hydrogens is 278 g/mol. The third-order valence-corrected chi connectivity index (χ3v) is 3.22. The average Bonchev–Trinajstić information content (AvgIpc) is 2.62. The molecule has 0 aliphatic carbocycles. The van der Waals surface area contributed by atoms with Gasteiger partial charge in [0.1, 0.15) is 5.82 Å². The summed E-state index contributed by atoms with van der Waals surface area (Å²) >= 11 is 3.50. The molecule has 2 rings (SSSR count). The standard InChI is InChI=1S/C13H16BrN3/c1-10-16-8-13(7-15-2)17(10)9-11-4-3-5-12(14)6-11/h3-6,8,15H,7,9H2,1-2H3. The van der Waals surface area contributed by atoms with Gasteiger partial charge < -0.3 is 9.88 Å². The summed E-state index contributed by atoms with van der Waals surface area (Å²) in [6.45, 7) is 3.74.